The maximum absolute atomic E-state index is 13.0. The van der Waals surface area contributed by atoms with E-state index < -0.39 is 0 Å². The van der Waals surface area contributed by atoms with Crippen LogP contribution in [0.4, 0.5) is 0 Å². The number of amides is 1. The highest BCUT2D eigenvalue weighted by molar-refractivity contribution is 7.10. The Morgan fingerprint density at radius 2 is 2.17 bits per heavy atom. The Morgan fingerprint density at radius 1 is 1.35 bits per heavy atom. The lowest BCUT2D eigenvalue weighted by molar-refractivity contribution is 0.0789. The SMILES string of the molecule is Cc1cn(C)c(C2CCN(C(=O)c3csc4c3CCCC4)C2)n1. The number of nitrogens with zero attached hydrogens (tertiary/aromatic N) is 3. The van der Waals surface area contributed by atoms with Gasteiger partial charge in [0.25, 0.3) is 5.91 Å². The molecule has 122 valence electrons. The van der Waals surface area contributed by atoms with Crippen molar-refractivity contribution in [3.63, 3.8) is 0 Å². The summed E-state index contributed by atoms with van der Waals surface area (Å²) >= 11 is 1.78. The Morgan fingerprint density at radius 3 is 2.96 bits per heavy atom. The summed E-state index contributed by atoms with van der Waals surface area (Å²) in [5, 5.41) is 2.09. The van der Waals surface area contributed by atoms with E-state index >= 15 is 0 Å². The molecule has 0 aromatic carbocycles. The number of hydrogen-bond donors (Lipinski definition) is 0. The zero-order valence-corrected chi connectivity index (χ0v) is 14.7. The van der Waals surface area contributed by atoms with E-state index in [0.29, 0.717) is 5.92 Å². The summed E-state index contributed by atoms with van der Waals surface area (Å²) in [6.07, 6.45) is 7.81. The van der Waals surface area contributed by atoms with Crippen molar-refractivity contribution in [2.45, 2.75) is 44.9 Å². The monoisotopic (exact) mass is 329 g/mol. The summed E-state index contributed by atoms with van der Waals surface area (Å²) in [5.74, 6) is 1.72. The number of thiophene rings is 1. The fraction of sp³-hybridized carbons (Fsp3) is 0.556. The molecule has 4 rings (SSSR count). The van der Waals surface area contributed by atoms with Crippen molar-refractivity contribution in [2.24, 2.45) is 7.05 Å². The van der Waals surface area contributed by atoms with Gasteiger partial charge in [-0.2, -0.15) is 0 Å². The normalized spacial score (nSPS) is 20.8. The van der Waals surface area contributed by atoms with Crippen LogP contribution in [0.1, 0.15) is 57.5 Å². The minimum atomic E-state index is 0.234. The summed E-state index contributed by atoms with van der Waals surface area (Å²) in [4.78, 5) is 21.1. The number of aryl methyl sites for hydroxylation is 3. The highest BCUT2D eigenvalue weighted by Gasteiger charge is 2.32. The fourth-order valence-electron chi connectivity index (χ4n) is 4.01. The summed E-state index contributed by atoms with van der Waals surface area (Å²) in [5.41, 5.74) is 3.36. The van der Waals surface area contributed by atoms with Crippen LogP contribution in [-0.4, -0.2) is 33.4 Å². The molecule has 0 radical (unpaired) electrons. The molecule has 2 aliphatic rings. The number of carbonyl (C=O) groups excluding carboxylic acids is 1. The second-order valence-electron chi connectivity index (χ2n) is 6.85. The first-order chi connectivity index (χ1) is 11.1. The van der Waals surface area contributed by atoms with Crippen molar-refractivity contribution in [1.82, 2.24) is 14.5 Å². The fourth-order valence-corrected chi connectivity index (χ4v) is 5.13. The number of fused-ring (bicyclic) bond motifs is 1. The molecule has 1 amide bonds. The Balaban J connectivity index is 1.52. The zero-order chi connectivity index (χ0) is 16.0. The summed E-state index contributed by atoms with van der Waals surface area (Å²) in [6.45, 7) is 3.67. The van der Waals surface area contributed by atoms with Gasteiger partial charge in [-0.1, -0.05) is 0 Å². The molecule has 1 unspecified atom stereocenters. The predicted molar refractivity (Wildman–Crippen MR) is 92.2 cm³/mol. The third kappa shape index (κ3) is 2.61. The molecule has 2 aromatic rings. The summed E-state index contributed by atoms with van der Waals surface area (Å²) in [6, 6.07) is 0. The summed E-state index contributed by atoms with van der Waals surface area (Å²) < 4.78 is 2.11. The van der Waals surface area contributed by atoms with E-state index in [1.165, 1.54) is 23.3 Å². The molecule has 0 bridgehead atoms. The number of imidazole rings is 1. The molecule has 5 heteroatoms. The zero-order valence-electron chi connectivity index (χ0n) is 13.8. The Bertz CT molecular complexity index is 746. The molecule has 1 atom stereocenters. The molecule has 4 nitrogen and oxygen atoms in total. The van der Waals surface area contributed by atoms with E-state index in [1.54, 1.807) is 11.3 Å². The third-order valence-electron chi connectivity index (χ3n) is 5.17. The first-order valence-corrected chi connectivity index (χ1v) is 9.40. The molecule has 0 N–H and O–H groups in total. The van der Waals surface area contributed by atoms with Crippen molar-refractivity contribution >= 4 is 17.2 Å². The average Bonchev–Trinajstić information content (AvgIpc) is 3.24. The van der Waals surface area contributed by atoms with E-state index in [0.717, 1.165) is 49.4 Å². The minimum absolute atomic E-state index is 0.234. The number of rotatable bonds is 2. The lowest BCUT2D eigenvalue weighted by atomic mass is 9.95. The smallest absolute Gasteiger partial charge is 0.255 e. The standard InChI is InChI=1S/C18H23N3OS/c1-12-9-20(2)17(19-12)13-7-8-21(10-13)18(22)15-11-23-16-6-4-3-5-14(15)16/h9,11,13H,3-8,10H2,1-2H3. The van der Waals surface area contributed by atoms with Crippen molar-refractivity contribution in [2.75, 3.05) is 13.1 Å². The van der Waals surface area contributed by atoms with Gasteiger partial charge in [-0.15, -0.1) is 11.3 Å². The maximum atomic E-state index is 13.0. The van der Waals surface area contributed by atoms with Gasteiger partial charge >= 0.3 is 0 Å². The molecule has 3 heterocycles. The molecular weight excluding hydrogens is 306 g/mol. The van der Waals surface area contributed by atoms with Crippen LogP contribution in [0.15, 0.2) is 11.6 Å². The van der Waals surface area contributed by atoms with Gasteiger partial charge in [-0.25, -0.2) is 4.98 Å². The lowest BCUT2D eigenvalue weighted by Gasteiger charge is -2.18. The highest BCUT2D eigenvalue weighted by atomic mass is 32.1. The number of carbonyl (C=O) groups is 1. The van der Waals surface area contributed by atoms with Crippen LogP contribution >= 0.6 is 11.3 Å². The molecule has 1 aliphatic carbocycles. The molecule has 2 aromatic heterocycles. The summed E-state index contributed by atoms with van der Waals surface area (Å²) in [7, 11) is 2.05. The quantitative estimate of drug-likeness (QED) is 0.848. The molecule has 1 fully saturated rings. The minimum Gasteiger partial charge on any atom is -0.338 e. The topological polar surface area (TPSA) is 38.1 Å². The van der Waals surface area contributed by atoms with E-state index in [1.807, 2.05) is 11.8 Å². The van der Waals surface area contributed by atoms with Gasteiger partial charge in [-0.05, 0) is 44.6 Å². The van der Waals surface area contributed by atoms with Crippen LogP contribution in [0, 0.1) is 6.92 Å². The largest absolute Gasteiger partial charge is 0.338 e. The van der Waals surface area contributed by atoms with Crippen LogP contribution in [0.25, 0.3) is 0 Å². The van der Waals surface area contributed by atoms with Gasteiger partial charge in [0, 0.05) is 42.5 Å². The highest BCUT2D eigenvalue weighted by Crippen LogP contribution is 2.33. The molecular formula is C18H23N3OS. The number of aromatic nitrogens is 2. The molecule has 23 heavy (non-hydrogen) atoms. The number of likely N-dealkylation sites (tertiary alicyclic amines) is 1. The van der Waals surface area contributed by atoms with E-state index in [9.17, 15) is 4.79 Å². The van der Waals surface area contributed by atoms with Crippen LogP contribution < -0.4 is 0 Å². The third-order valence-corrected chi connectivity index (χ3v) is 6.25. The van der Waals surface area contributed by atoms with Crippen LogP contribution in [0.2, 0.25) is 0 Å². The van der Waals surface area contributed by atoms with Crippen molar-refractivity contribution < 1.29 is 4.79 Å². The van der Waals surface area contributed by atoms with Gasteiger partial charge in [0.2, 0.25) is 0 Å². The molecule has 0 saturated carbocycles. The molecule has 1 saturated heterocycles. The molecule has 0 spiro atoms. The second-order valence-corrected chi connectivity index (χ2v) is 7.81. The van der Waals surface area contributed by atoms with Gasteiger partial charge in [0.1, 0.15) is 5.82 Å². The van der Waals surface area contributed by atoms with Gasteiger partial charge in [-0.3, -0.25) is 4.79 Å². The Hall–Kier alpha value is -1.62. The average molecular weight is 329 g/mol. The van der Waals surface area contributed by atoms with E-state index in [-0.39, 0.29) is 5.91 Å². The Kier molecular flexibility index (Phi) is 3.76. The second kappa shape index (κ2) is 5.78. The van der Waals surface area contributed by atoms with Crippen molar-refractivity contribution in [3.8, 4) is 0 Å². The van der Waals surface area contributed by atoms with Gasteiger partial charge < -0.3 is 9.47 Å². The predicted octanol–water partition coefficient (Wildman–Crippen LogP) is 3.30. The van der Waals surface area contributed by atoms with Crippen LogP contribution in [0.3, 0.4) is 0 Å². The Labute approximate surface area is 141 Å². The maximum Gasteiger partial charge on any atom is 0.255 e. The first-order valence-electron chi connectivity index (χ1n) is 8.52. The number of hydrogen-bond acceptors (Lipinski definition) is 3. The van der Waals surface area contributed by atoms with Crippen molar-refractivity contribution in [3.05, 3.63) is 39.1 Å². The van der Waals surface area contributed by atoms with Crippen LogP contribution in [-0.2, 0) is 19.9 Å². The van der Waals surface area contributed by atoms with Crippen LogP contribution in [0.5, 0.6) is 0 Å². The lowest BCUT2D eigenvalue weighted by Crippen LogP contribution is -2.29. The first kappa shape index (κ1) is 14.9. The van der Waals surface area contributed by atoms with Gasteiger partial charge in [0.05, 0.1) is 11.3 Å². The van der Waals surface area contributed by atoms with E-state index in [2.05, 4.69) is 28.2 Å². The van der Waals surface area contributed by atoms with Crippen molar-refractivity contribution in [1.29, 1.82) is 0 Å². The van der Waals surface area contributed by atoms with Gasteiger partial charge in [0.15, 0.2) is 0 Å². The molecule has 1 aliphatic heterocycles. The van der Waals surface area contributed by atoms with E-state index in [4.69, 9.17) is 0 Å².